The second-order valence-electron chi connectivity index (χ2n) is 9.72. The monoisotopic (exact) mass is 468 g/mol. The lowest BCUT2D eigenvalue weighted by Crippen LogP contribution is -2.57. The minimum atomic E-state index is -0.660. The molecular weight excluding hydrogens is 436 g/mol. The van der Waals surface area contributed by atoms with Crippen LogP contribution in [0.3, 0.4) is 0 Å². The van der Waals surface area contributed by atoms with Crippen LogP contribution >= 0.6 is 12.8 Å². The number of carbonyl (C=O) groups is 2. The maximum Gasteiger partial charge on any atom is 0.410 e. The van der Waals surface area contributed by atoms with Gasteiger partial charge in [0.25, 0.3) is 0 Å². The summed E-state index contributed by atoms with van der Waals surface area (Å²) in [6, 6.07) is 18.0. The zero-order valence-electron chi connectivity index (χ0n) is 19.5. The first-order valence-electron chi connectivity index (χ1n) is 11.3. The fourth-order valence-corrected chi connectivity index (χ4v) is 4.76. The van der Waals surface area contributed by atoms with E-state index in [1.54, 1.807) is 4.90 Å². The maximum atomic E-state index is 13.8. The van der Waals surface area contributed by atoms with Crippen molar-refractivity contribution in [1.29, 1.82) is 0 Å². The Morgan fingerprint density at radius 2 is 1.70 bits per heavy atom. The van der Waals surface area contributed by atoms with E-state index < -0.39 is 11.1 Å². The molecule has 2 saturated heterocycles. The van der Waals surface area contributed by atoms with E-state index in [9.17, 15) is 9.59 Å². The number of thiol groups is 1. The number of benzene rings is 2. The molecular formula is C25H32N4O3S. The van der Waals surface area contributed by atoms with Crippen molar-refractivity contribution in [1.82, 2.24) is 9.80 Å². The Morgan fingerprint density at radius 1 is 1.06 bits per heavy atom. The van der Waals surface area contributed by atoms with Crippen LogP contribution in [0.1, 0.15) is 39.2 Å². The van der Waals surface area contributed by atoms with Crippen LogP contribution in [0.2, 0.25) is 0 Å². The molecule has 0 unspecified atom stereocenters. The molecule has 0 saturated carbocycles. The highest BCUT2D eigenvalue weighted by Crippen LogP contribution is 2.40. The van der Waals surface area contributed by atoms with E-state index in [4.69, 9.17) is 4.74 Å². The second-order valence-corrected chi connectivity index (χ2v) is 9.94. The lowest BCUT2D eigenvalue weighted by Gasteiger charge is -2.43. The fraction of sp³-hybridized carbons (Fsp3) is 0.440. The van der Waals surface area contributed by atoms with E-state index in [0.29, 0.717) is 39.1 Å². The molecule has 2 aliphatic heterocycles. The molecule has 33 heavy (non-hydrogen) atoms. The summed E-state index contributed by atoms with van der Waals surface area (Å²) in [4.78, 5) is 32.3. The molecule has 2 heterocycles. The van der Waals surface area contributed by atoms with Crippen LogP contribution in [0.4, 0.5) is 16.2 Å². The first-order valence-corrected chi connectivity index (χ1v) is 11.8. The minimum absolute atomic E-state index is 0.117. The van der Waals surface area contributed by atoms with Gasteiger partial charge in [-0.25, -0.2) is 4.79 Å². The average molecular weight is 469 g/mol. The predicted octanol–water partition coefficient (Wildman–Crippen LogP) is 4.52. The number of rotatable bonds is 4. The molecule has 4 rings (SSSR count). The number of carbonyl (C=O) groups excluding carboxylic acids is 2. The molecule has 2 aromatic carbocycles. The van der Waals surface area contributed by atoms with Gasteiger partial charge < -0.3 is 24.2 Å². The lowest BCUT2D eigenvalue weighted by molar-refractivity contribution is -0.134. The number of ether oxygens (including phenoxy) is 1. The maximum absolute atomic E-state index is 13.8. The van der Waals surface area contributed by atoms with Gasteiger partial charge in [-0.1, -0.05) is 43.1 Å². The quantitative estimate of drug-likeness (QED) is 0.646. The first-order chi connectivity index (χ1) is 15.7. The third-order valence-electron chi connectivity index (χ3n) is 6.28. The van der Waals surface area contributed by atoms with Crippen LogP contribution in [0, 0.1) is 0 Å². The molecule has 0 aromatic heterocycles. The van der Waals surface area contributed by atoms with Crippen molar-refractivity contribution in [2.45, 2.75) is 51.3 Å². The van der Waals surface area contributed by atoms with Crippen LogP contribution in [0.25, 0.3) is 0 Å². The lowest BCUT2D eigenvalue weighted by atomic mass is 9.85. The Kier molecular flexibility index (Phi) is 6.47. The molecule has 2 amide bonds. The average Bonchev–Trinajstić information content (AvgIpc) is 3.05. The van der Waals surface area contributed by atoms with Gasteiger partial charge in [-0.15, -0.1) is 0 Å². The normalized spacial score (nSPS) is 18.1. The number of nitrogens with zero attached hydrogens (tertiary/aromatic N) is 3. The van der Waals surface area contributed by atoms with Gasteiger partial charge in [-0.2, -0.15) is 0 Å². The van der Waals surface area contributed by atoms with Gasteiger partial charge in [0, 0.05) is 31.0 Å². The Hall–Kier alpha value is -2.87. The second kappa shape index (κ2) is 9.17. The third-order valence-corrected chi connectivity index (χ3v) is 6.54. The number of nitrogens with one attached hydrogen (secondary N) is 1. The van der Waals surface area contributed by atoms with Crippen LogP contribution in [0.5, 0.6) is 0 Å². The molecule has 176 valence electrons. The van der Waals surface area contributed by atoms with Gasteiger partial charge in [0.1, 0.15) is 11.1 Å². The van der Waals surface area contributed by atoms with Gasteiger partial charge in [0.2, 0.25) is 5.91 Å². The number of hydrogen-bond donors (Lipinski definition) is 2. The van der Waals surface area contributed by atoms with Gasteiger partial charge in [0.05, 0.1) is 6.67 Å². The first kappa shape index (κ1) is 23.3. The molecule has 7 nitrogen and oxygen atoms in total. The van der Waals surface area contributed by atoms with E-state index in [1.807, 2.05) is 80.3 Å². The van der Waals surface area contributed by atoms with Crippen LogP contribution < -0.4 is 9.62 Å². The molecule has 8 heteroatoms. The summed E-state index contributed by atoms with van der Waals surface area (Å²) >= 11 is 4.08. The van der Waals surface area contributed by atoms with Crippen molar-refractivity contribution >= 4 is 36.2 Å². The van der Waals surface area contributed by atoms with Crippen LogP contribution in [-0.4, -0.2) is 52.7 Å². The molecule has 0 aliphatic carbocycles. The minimum Gasteiger partial charge on any atom is -0.444 e. The van der Waals surface area contributed by atoms with Crippen molar-refractivity contribution in [3.8, 4) is 0 Å². The van der Waals surface area contributed by atoms with Crippen molar-refractivity contribution in [3.63, 3.8) is 0 Å². The summed E-state index contributed by atoms with van der Waals surface area (Å²) in [5.41, 5.74) is 1.79. The van der Waals surface area contributed by atoms with E-state index in [-0.39, 0.29) is 12.0 Å². The van der Waals surface area contributed by atoms with Crippen LogP contribution in [-0.2, 0) is 16.1 Å². The highest BCUT2D eigenvalue weighted by molar-refractivity contribution is 7.81. The van der Waals surface area contributed by atoms with Crippen molar-refractivity contribution < 1.29 is 14.3 Å². The molecule has 2 aliphatic rings. The molecule has 1 spiro atoms. The van der Waals surface area contributed by atoms with Gasteiger partial charge in [-0.05, 0) is 63.4 Å². The molecule has 0 atom stereocenters. The largest absolute Gasteiger partial charge is 0.444 e. The van der Waals surface area contributed by atoms with Crippen molar-refractivity contribution in [3.05, 3.63) is 60.2 Å². The smallest absolute Gasteiger partial charge is 0.410 e. The van der Waals surface area contributed by atoms with Gasteiger partial charge in [-0.3, -0.25) is 4.79 Å². The molecule has 2 fully saturated rings. The van der Waals surface area contributed by atoms with E-state index >= 15 is 0 Å². The topological polar surface area (TPSA) is 65.1 Å². The molecule has 0 radical (unpaired) electrons. The number of para-hydroxylation sites is 1. The molecule has 1 N–H and O–H groups in total. The third kappa shape index (κ3) is 4.90. The van der Waals surface area contributed by atoms with Gasteiger partial charge >= 0.3 is 6.09 Å². The predicted molar refractivity (Wildman–Crippen MR) is 133 cm³/mol. The standard InChI is InChI=1S/C25H32N4O3S/c1-24(2,3)32-23(31)27-15-13-25(14-16-27)22(30)28(17-19-9-11-20(26-33)12-10-19)18-29(25)21-7-5-4-6-8-21/h4-12,26,33H,13-18H2,1-3H3. The summed E-state index contributed by atoms with van der Waals surface area (Å²) in [5, 5.41) is 0. The number of likely N-dealkylation sites (tertiary alicyclic amines) is 1. The summed E-state index contributed by atoms with van der Waals surface area (Å²) < 4.78 is 8.38. The fourth-order valence-electron chi connectivity index (χ4n) is 4.61. The van der Waals surface area contributed by atoms with Crippen LogP contribution in [0.15, 0.2) is 54.6 Å². The Bertz CT molecular complexity index is 983. The number of anilines is 2. The zero-order valence-corrected chi connectivity index (χ0v) is 20.3. The molecule has 2 aromatic rings. The summed E-state index contributed by atoms with van der Waals surface area (Å²) in [5.74, 6) is 0.117. The zero-order chi connectivity index (χ0) is 23.6. The van der Waals surface area contributed by atoms with E-state index in [2.05, 4.69) is 22.4 Å². The Labute approximate surface area is 201 Å². The highest BCUT2D eigenvalue weighted by Gasteiger charge is 2.54. The number of hydrogen-bond acceptors (Lipinski definition) is 6. The number of amides is 2. The highest BCUT2D eigenvalue weighted by atomic mass is 32.1. The van der Waals surface area contributed by atoms with Crippen molar-refractivity contribution in [2.24, 2.45) is 0 Å². The van der Waals surface area contributed by atoms with Crippen molar-refractivity contribution in [2.75, 3.05) is 29.4 Å². The van der Waals surface area contributed by atoms with E-state index in [0.717, 1.165) is 16.9 Å². The Balaban J connectivity index is 1.55. The summed E-state index contributed by atoms with van der Waals surface area (Å²) in [6.07, 6.45) is 0.821. The SMILES string of the molecule is CC(C)(C)OC(=O)N1CCC2(CC1)C(=O)N(Cc1ccc(NS)cc1)CN2c1ccccc1. The van der Waals surface area contributed by atoms with Gasteiger partial charge in [0.15, 0.2) is 0 Å². The van der Waals surface area contributed by atoms with E-state index in [1.165, 1.54) is 0 Å². The summed E-state index contributed by atoms with van der Waals surface area (Å²) in [7, 11) is 0. The summed E-state index contributed by atoms with van der Waals surface area (Å²) in [6.45, 7) is 7.62. The Morgan fingerprint density at radius 3 is 2.27 bits per heavy atom. The molecule has 0 bridgehead atoms. The number of piperidine rings is 1.